The number of hydrogen-bond donors (Lipinski definition) is 2. The van der Waals surface area contributed by atoms with Gasteiger partial charge in [-0.15, -0.1) is 0 Å². The first-order valence-corrected chi connectivity index (χ1v) is 8.10. The van der Waals surface area contributed by atoms with Gasteiger partial charge in [-0.3, -0.25) is 9.69 Å². The SMILES string of the molecule is CCNC(=O)C1CNCCN1C1CCc2ccccc2C1. The van der Waals surface area contributed by atoms with Gasteiger partial charge >= 0.3 is 0 Å². The maximum absolute atomic E-state index is 12.3. The fourth-order valence-electron chi connectivity index (χ4n) is 3.65. The minimum atomic E-state index is -0.0195. The second-order valence-electron chi connectivity index (χ2n) is 6.02. The summed E-state index contributed by atoms with van der Waals surface area (Å²) >= 11 is 0. The first-order valence-electron chi connectivity index (χ1n) is 8.10. The average molecular weight is 287 g/mol. The third-order valence-corrected chi connectivity index (χ3v) is 4.73. The van der Waals surface area contributed by atoms with Gasteiger partial charge in [-0.25, -0.2) is 0 Å². The molecule has 1 saturated heterocycles. The van der Waals surface area contributed by atoms with Gasteiger partial charge in [-0.05, 0) is 37.3 Å². The zero-order valence-electron chi connectivity index (χ0n) is 12.8. The summed E-state index contributed by atoms with van der Waals surface area (Å²) in [6, 6.07) is 9.21. The first-order chi connectivity index (χ1) is 10.3. The highest BCUT2D eigenvalue weighted by atomic mass is 16.2. The van der Waals surface area contributed by atoms with Crippen molar-refractivity contribution in [2.75, 3.05) is 26.2 Å². The maximum Gasteiger partial charge on any atom is 0.238 e. The standard InChI is InChI=1S/C17H25N3O/c1-2-19-17(21)16-12-18-9-10-20(16)15-8-7-13-5-3-4-6-14(13)11-15/h3-6,15-16,18H,2,7-12H2,1H3,(H,19,21). The molecule has 0 aromatic heterocycles. The minimum absolute atomic E-state index is 0.0195. The number of carbonyl (C=O) groups excluding carboxylic acids is 1. The van der Waals surface area contributed by atoms with Gasteiger partial charge in [-0.1, -0.05) is 24.3 Å². The van der Waals surface area contributed by atoms with E-state index in [9.17, 15) is 4.79 Å². The largest absolute Gasteiger partial charge is 0.355 e. The van der Waals surface area contributed by atoms with Gasteiger partial charge in [0.1, 0.15) is 6.04 Å². The van der Waals surface area contributed by atoms with Crippen molar-refractivity contribution in [3.05, 3.63) is 35.4 Å². The molecule has 2 aliphatic rings. The molecule has 1 aromatic carbocycles. The Morgan fingerprint density at radius 3 is 3.00 bits per heavy atom. The first kappa shape index (κ1) is 14.5. The van der Waals surface area contributed by atoms with E-state index in [-0.39, 0.29) is 11.9 Å². The number of aryl methyl sites for hydroxylation is 1. The molecule has 3 rings (SSSR count). The average Bonchev–Trinajstić information content (AvgIpc) is 2.54. The monoisotopic (exact) mass is 287 g/mol. The number of benzene rings is 1. The Kier molecular flexibility index (Phi) is 4.56. The van der Waals surface area contributed by atoms with Gasteiger partial charge in [0, 0.05) is 32.2 Å². The molecule has 4 heteroatoms. The Bertz CT molecular complexity index is 503. The summed E-state index contributed by atoms with van der Waals surface area (Å²) in [4.78, 5) is 14.7. The number of nitrogens with one attached hydrogen (secondary N) is 2. The minimum Gasteiger partial charge on any atom is -0.355 e. The van der Waals surface area contributed by atoms with Crippen LogP contribution in [0, 0.1) is 0 Å². The van der Waals surface area contributed by atoms with Crippen molar-refractivity contribution in [3.8, 4) is 0 Å². The van der Waals surface area contributed by atoms with Crippen LogP contribution >= 0.6 is 0 Å². The van der Waals surface area contributed by atoms with Crippen molar-refractivity contribution in [2.24, 2.45) is 0 Å². The van der Waals surface area contributed by atoms with Crippen molar-refractivity contribution in [1.29, 1.82) is 0 Å². The highest BCUT2D eigenvalue weighted by Crippen LogP contribution is 2.26. The van der Waals surface area contributed by atoms with E-state index in [1.165, 1.54) is 11.1 Å². The van der Waals surface area contributed by atoms with Crippen LogP contribution in [-0.2, 0) is 17.6 Å². The van der Waals surface area contributed by atoms with Gasteiger partial charge in [0.05, 0.1) is 0 Å². The molecule has 1 fully saturated rings. The quantitative estimate of drug-likeness (QED) is 0.870. The summed E-state index contributed by atoms with van der Waals surface area (Å²) in [6.07, 6.45) is 3.37. The molecule has 0 bridgehead atoms. The third kappa shape index (κ3) is 3.11. The smallest absolute Gasteiger partial charge is 0.238 e. The van der Waals surface area contributed by atoms with Crippen molar-refractivity contribution in [2.45, 2.75) is 38.3 Å². The lowest BCUT2D eigenvalue weighted by Crippen LogP contribution is -2.61. The molecule has 2 N–H and O–H groups in total. The Morgan fingerprint density at radius 1 is 1.38 bits per heavy atom. The molecule has 114 valence electrons. The van der Waals surface area contributed by atoms with Gasteiger partial charge < -0.3 is 10.6 Å². The summed E-state index contributed by atoms with van der Waals surface area (Å²) in [6.45, 7) is 5.40. The molecule has 2 unspecified atom stereocenters. The van der Waals surface area contributed by atoms with E-state index in [1.807, 2.05) is 6.92 Å². The lowest BCUT2D eigenvalue weighted by atomic mass is 9.86. The van der Waals surface area contributed by atoms with Crippen LogP contribution in [0.1, 0.15) is 24.5 Å². The predicted molar refractivity (Wildman–Crippen MR) is 84.3 cm³/mol. The van der Waals surface area contributed by atoms with Gasteiger partial charge in [0.2, 0.25) is 5.91 Å². The number of amides is 1. The second kappa shape index (κ2) is 6.58. The molecule has 1 heterocycles. The Hall–Kier alpha value is -1.39. The van der Waals surface area contributed by atoms with Gasteiger partial charge in [-0.2, -0.15) is 0 Å². The number of fused-ring (bicyclic) bond motifs is 1. The predicted octanol–water partition coefficient (Wildman–Crippen LogP) is 0.954. The molecule has 1 aliphatic carbocycles. The molecule has 4 nitrogen and oxygen atoms in total. The van der Waals surface area contributed by atoms with Gasteiger partial charge in [0.25, 0.3) is 0 Å². The zero-order chi connectivity index (χ0) is 14.7. The molecule has 0 saturated carbocycles. The van der Waals surface area contributed by atoms with Gasteiger partial charge in [0.15, 0.2) is 0 Å². The number of rotatable bonds is 3. The van der Waals surface area contributed by atoms with Crippen LogP contribution in [0.25, 0.3) is 0 Å². The lowest BCUT2D eigenvalue weighted by molar-refractivity contribution is -0.128. The Labute approximate surface area is 126 Å². The van der Waals surface area contributed by atoms with E-state index in [0.717, 1.165) is 38.9 Å². The van der Waals surface area contributed by atoms with Crippen LogP contribution in [0.3, 0.4) is 0 Å². The van der Waals surface area contributed by atoms with Crippen LogP contribution in [0.4, 0.5) is 0 Å². The summed E-state index contributed by atoms with van der Waals surface area (Å²) in [5.74, 6) is 0.170. The molecule has 1 aromatic rings. The van der Waals surface area contributed by atoms with Crippen LogP contribution in [0.2, 0.25) is 0 Å². The fourth-order valence-corrected chi connectivity index (χ4v) is 3.65. The Morgan fingerprint density at radius 2 is 2.19 bits per heavy atom. The summed E-state index contributed by atoms with van der Waals surface area (Å²) in [5, 5.41) is 6.34. The topological polar surface area (TPSA) is 44.4 Å². The summed E-state index contributed by atoms with van der Waals surface area (Å²) in [5.41, 5.74) is 2.94. The molecule has 0 radical (unpaired) electrons. The summed E-state index contributed by atoms with van der Waals surface area (Å²) in [7, 11) is 0. The molecule has 1 aliphatic heterocycles. The van der Waals surface area contributed by atoms with E-state index in [1.54, 1.807) is 0 Å². The molecule has 2 atom stereocenters. The number of nitrogens with zero attached hydrogens (tertiary/aromatic N) is 1. The zero-order valence-corrected chi connectivity index (χ0v) is 12.8. The van der Waals surface area contributed by atoms with E-state index >= 15 is 0 Å². The van der Waals surface area contributed by atoms with Crippen molar-refractivity contribution >= 4 is 5.91 Å². The summed E-state index contributed by atoms with van der Waals surface area (Å²) < 4.78 is 0. The molecule has 1 amide bonds. The molecular formula is C17H25N3O. The highest BCUT2D eigenvalue weighted by molar-refractivity contribution is 5.82. The molecular weight excluding hydrogens is 262 g/mol. The van der Waals surface area contributed by atoms with Crippen LogP contribution in [-0.4, -0.2) is 49.1 Å². The maximum atomic E-state index is 12.3. The van der Waals surface area contributed by atoms with E-state index in [0.29, 0.717) is 12.6 Å². The van der Waals surface area contributed by atoms with Crippen molar-refractivity contribution in [3.63, 3.8) is 0 Å². The highest BCUT2D eigenvalue weighted by Gasteiger charge is 2.34. The molecule has 21 heavy (non-hydrogen) atoms. The normalized spacial score (nSPS) is 26.1. The van der Waals surface area contributed by atoms with E-state index in [4.69, 9.17) is 0 Å². The number of likely N-dealkylation sites (N-methyl/N-ethyl adjacent to an activating group) is 1. The second-order valence-corrected chi connectivity index (χ2v) is 6.02. The number of carbonyl (C=O) groups is 1. The molecule has 0 spiro atoms. The third-order valence-electron chi connectivity index (χ3n) is 4.73. The number of piperazine rings is 1. The lowest BCUT2D eigenvalue weighted by Gasteiger charge is -2.42. The van der Waals surface area contributed by atoms with Crippen LogP contribution in [0.15, 0.2) is 24.3 Å². The van der Waals surface area contributed by atoms with Crippen LogP contribution in [0.5, 0.6) is 0 Å². The van der Waals surface area contributed by atoms with E-state index < -0.39 is 0 Å². The number of hydrogen-bond acceptors (Lipinski definition) is 3. The van der Waals surface area contributed by atoms with Crippen molar-refractivity contribution < 1.29 is 4.79 Å². The van der Waals surface area contributed by atoms with Crippen molar-refractivity contribution in [1.82, 2.24) is 15.5 Å². The fraction of sp³-hybridized carbons (Fsp3) is 0.588. The Balaban J connectivity index is 1.74. The van der Waals surface area contributed by atoms with E-state index in [2.05, 4.69) is 39.8 Å². The van der Waals surface area contributed by atoms with Crippen LogP contribution < -0.4 is 10.6 Å².